The molecule has 8 nitrogen and oxygen atoms in total. The fraction of sp³-hybridized carbons (Fsp3) is 0.211. The Morgan fingerprint density at radius 1 is 1.26 bits per heavy atom. The summed E-state index contributed by atoms with van der Waals surface area (Å²) in [6, 6.07) is 10.7. The second-order valence-corrected chi connectivity index (χ2v) is 6.49. The lowest BCUT2D eigenvalue weighted by atomic mass is 10.0. The molecule has 3 aromatic rings. The number of nitro groups is 1. The minimum absolute atomic E-state index is 0.0230. The van der Waals surface area contributed by atoms with E-state index in [0.29, 0.717) is 28.9 Å². The van der Waals surface area contributed by atoms with Gasteiger partial charge in [0.05, 0.1) is 10.4 Å². The van der Waals surface area contributed by atoms with E-state index in [1.807, 2.05) is 28.8 Å². The van der Waals surface area contributed by atoms with Crippen LogP contribution in [0.4, 0.5) is 11.5 Å². The fourth-order valence-electron chi connectivity index (χ4n) is 3.48. The monoisotopic (exact) mass is 363 g/mol. The Bertz CT molecular complexity index is 1160. The van der Waals surface area contributed by atoms with Crippen LogP contribution in [0.3, 0.4) is 0 Å². The van der Waals surface area contributed by atoms with Gasteiger partial charge in [0.1, 0.15) is 5.82 Å². The summed E-state index contributed by atoms with van der Waals surface area (Å²) in [6.07, 6.45) is 0. The Morgan fingerprint density at radius 2 is 1.96 bits per heavy atom. The number of carbonyl (C=O) groups excluding carboxylic acids is 1. The van der Waals surface area contributed by atoms with Gasteiger partial charge in [0.2, 0.25) is 5.62 Å². The predicted molar refractivity (Wildman–Crippen MR) is 101 cm³/mol. The van der Waals surface area contributed by atoms with Gasteiger partial charge >= 0.3 is 0 Å². The molecule has 1 aliphatic rings. The molecule has 0 radical (unpaired) electrons. The number of rotatable bonds is 2. The van der Waals surface area contributed by atoms with E-state index in [2.05, 4.69) is 15.3 Å². The van der Waals surface area contributed by atoms with Crippen LogP contribution in [-0.2, 0) is 6.54 Å². The fourth-order valence-corrected chi connectivity index (χ4v) is 3.48. The van der Waals surface area contributed by atoms with E-state index in [0.717, 1.165) is 23.3 Å². The Balaban J connectivity index is 1.85. The normalized spacial score (nSPS) is 13.5. The minimum Gasteiger partial charge on any atom is -0.369 e. The Labute approximate surface area is 154 Å². The zero-order chi connectivity index (χ0) is 19.1. The first kappa shape index (κ1) is 16.9. The number of nitro benzene ring substituents is 1. The third-order valence-corrected chi connectivity index (χ3v) is 4.64. The number of aromatic nitrogens is 2. The average Bonchev–Trinajstić information content (AvgIpc) is 3.11. The molecule has 2 heterocycles. The number of nitrogens with one attached hydrogen (secondary N) is 1. The highest BCUT2D eigenvalue weighted by atomic mass is 16.6. The number of fused-ring (bicyclic) bond motifs is 3. The van der Waals surface area contributed by atoms with Crippen LogP contribution in [0.25, 0.3) is 10.9 Å². The molecule has 0 unspecified atom stereocenters. The molecule has 8 heteroatoms. The van der Waals surface area contributed by atoms with Crippen LogP contribution < -0.4 is 10.9 Å². The molecule has 2 aromatic carbocycles. The van der Waals surface area contributed by atoms with Crippen molar-refractivity contribution in [3.63, 3.8) is 0 Å². The van der Waals surface area contributed by atoms with E-state index >= 15 is 0 Å². The van der Waals surface area contributed by atoms with Gasteiger partial charge < -0.3 is 5.32 Å². The highest BCUT2D eigenvalue weighted by Gasteiger charge is 2.19. The third kappa shape index (κ3) is 2.84. The molecule has 0 atom stereocenters. The number of amides is 1. The van der Waals surface area contributed by atoms with E-state index in [1.165, 1.54) is 12.1 Å². The zero-order valence-corrected chi connectivity index (χ0v) is 14.9. The number of para-hydroxylation sites is 1. The van der Waals surface area contributed by atoms with Crippen LogP contribution in [-0.4, -0.2) is 26.9 Å². The number of anilines is 1. The van der Waals surface area contributed by atoms with Gasteiger partial charge in [-0.2, -0.15) is 4.99 Å². The Kier molecular flexibility index (Phi) is 3.95. The molecule has 0 saturated carbocycles. The molecule has 0 aliphatic carbocycles. The predicted octanol–water partition coefficient (Wildman–Crippen LogP) is 2.73. The number of aryl methyl sites for hydroxylation is 2. The van der Waals surface area contributed by atoms with Crippen LogP contribution in [0.5, 0.6) is 0 Å². The quantitative estimate of drug-likeness (QED) is 0.557. The van der Waals surface area contributed by atoms with Crippen LogP contribution in [0.15, 0.2) is 41.4 Å². The highest BCUT2D eigenvalue weighted by Crippen LogP contribution is 2.25. The number of benzene rings is 2. The van der Waals surface area contributed by atoms with Gasteiger partial charge in [-0.05, 0) is 38.1 Å². The van der Waals surface area contributed by atoms with E-state index in [-0.39, 0.29) is 5.69 Å². The number of hydrogen-bond donors (Lipinski definition) is 1. The molecule has 4 rings (SSSR count). The van der Waals surface area contributed by atoms with Crippen molar-refractivity contribution >= 4 is 28.3 Å². The first-order valence-electron chi connectivity index (χ1n) is 8.54. The topological polar surface area (TPSA) is 102 Å². The third-order valence-electron chi connectivity index (χ3n) is 4.64. The van der Waals surface area contributed by atoms with Gasteiger partial charge in [-0.15, -0.1) is 0 Å². The number of nitrogens with zero attached hydrogens (tertiary/aromatic N) is 4. The van der Waals surface area contributed by atoms with Gasteiger partial charge in [-0.3, -0.25) is 19.5 Å². The smallest absolute Gasteiger partial charge is 0.280 e. The van der Waals surface area contributed by atoms with Crippen LogP contribution >= 0.6 is 0 Å². The SMILES string of the molecule is Cc1cc(C(=O)N=c2nc3ccccc3c3n2CCN3)cc(C)c1[N+](=O)[O-]. The molecule has 0 bridgehead atoms. The summed E-state index contributed by atoms with van der Waals surface area (Å²) >= 11 is 0. The number of hydrogen-bond acceptors (Lipinski definition) is 5. The van der Waals surface area contributed by atoms with Gasteiger partial charge in [0.25, 0.3) is 11.6 Å². The molecular weight excluding hydrogens is 346 g/mol. The van der Waals surface area contributed by atoms with E-state index in [1.54, 1.807) is 13.8 Å². The van der Waals surface area contributed by atoms with Crippen LogP contribution in [0.2, 0.25) is 0 Å². The summed E-state index contributed by atoms with van der Waals surface area (Å²) in [5.74, 6) is 0.420. The molecule has 136 valence electrons. The highest BCUT2D eigenvalue weighted by molar-refractivity contribution is 5.96. The molecule has 1 amide bonds. The Hall–Kier alpha value is -3.55. The molecule has 1 N–H and O–H groups in total. The van der Waals surface area contributed by atoms with E-state index in [9.17, 15) is 14.9 Å². The van der Waals surface area contributed by atoms with Crippen molar-refractivity contribution in [1.82, 2.24) is 9.55 Å². The van der Waals surface area contributed by atoms with Crippen molar-refractivity contribution in [2.24, 2.45) is 4.99 Å². The number of carbonyl (C=O) groups is 1. The second-order valence-electron chi connectivity index (χ2n) is 6.49. The zero-order valence-electron chi connectivity index (χ0n) is 14.9. The lowest BCUT2D eigenvalue weighted by molar-refractivity contribution is -0.386. The summed E-state index contributed by atoms with van der Waals surface area (Å²) in [5.41, 5.74) is 2.28. The summed E-state index contributed by atoms with van der Waals surface area (Å²) in [7, 11) is 0. The van der Waals surface area contributed by atoms with Crippen molar-refractivity contribution in [1.29, 1.82) is 0 Å². The summed E-state index contributed by atoms with van der Waals surface area (Å²) in [4.78, 5) is 32.2. The van der Waals surface area contributed by atoms with Gasteiger partial charge in [-0.1, -0.05) is 12.1 Å². The van der Waals surface area contributed by atoms with Crippen molar-refractivity contribution in [2.45, 2.75) is 20.4 Å². The van der Waals surface area contributed by atoms with Crippen molar-refractivity contribution in [3.8, 4) is 0 Å². The Morgan fingerprint density at radius 3 is 2.67 bits per heavy atom. The lowest BCUT2D eigenvalue weighted by Gasteiger charge is -2.08. The van der Waals surface area contributed by atoms with Gasteiger partial charge in [-0.25, -0.2) is 4.98 Å². The maximum absolute atomic E-state index is 12.7. The van der Waals surface area contributed by atoms with Crippen LogP contribution in [0.1, 0.15) is 21.5 Å². The molecule has 0 saturated heterocycles. The van der Waals surface area contributed by atoms with E-state index in [4.69, 9.17) is 0 Å². The first-order chi connectivity index (χ1) is 13.0. The second kappa shape index (κ2) is 6.31. The maximum Gasteiger partial charge on any atom is 0.280 e. The molecule has 1 aliphatic heterocycles. The summed E-state index contributed by atoms with van der Waals surface area (Å²) < 4.78 is 1.88. The van der Waals surface area contributed by atoms with Crippen LogP contribution in [0, 0.1) is 24.0 Å². The maximum atomic E-state index is 12.7. The minimum atomic E-state index is -0.472. The van der Waals surface area contributed by atoms with Gasteiger partial charge in [0.15, 0.2) is 0 Å². The first-order valence-corrected chi connectivity index (χ1v) is 8.54. The lowest BCUT2D eigenvalue weighted by Crippen LogP contribution is -2.24. The molecule has 27 heavy (non-hydrogen) atoms. The molecule has 0 spiro atoms. The summed E-state index contributed by atoms with van der Waals surface area (Å²) in [5, 5.41) is 15.4. The van der Waals surface area contributed by atoms with Crippen molar-refractivity contribution in [2.75, 3.05) is 11.9 Å². The molecular formula is C19H17N5O3. The largest absolute Gasteiger partial charge is 0.369 e. The molecule has 1 aromatic heterocycles. The molecule has 0 fully saturated rings. The van der Waals surface area contributed by atoms with Gasteiger partial charge in [0, 0.05) is 35.2 Å². The van der Waals surface area contributed by atoms with Crippen molar-refractivity contribution in [3.05, 3.63) is 68.8 Å². The average molecular weight is 363 g/mol. The summed E-state index contributed by atoms with van der Waals surface area (Å²) in [6.45, 7) is 4.64. The standard InChI is InChI=1S/C19H17N5O3/c1-11-9-13(10-12(2)16(11)24(26)27)18(25)22-19-21-15-6-4-3-5-14(15)17-20-7-8-23(17)19/h3-6,9-10,20H,7-8H2,1-2H3. The van der Waals surface area contributed by atoms with E-state index < -0.39 is 10.8 Å². The van der Waals surface area contributed by atoms with Crippen molar-refractivity contribution < 1.29 is 9.72 Å².